The van der Waals surface area contributed by atoms with E-state index in [1.54, 1.807) is 0 Å². The van der Waals surface area contributed by atoms with Crippen LogP contribution in [0.15, 0.2) is 154 Å². The predicted octanol–water partition coefficient (Wildman–Crippen LogP) is 14.2. The maximum absolute atomic E-state index is 6.55. The summed E-state index contributed by atoms with van der Waals surface area (Å²) < 4.78 is 13.0. The molecule has 0 unspecified atom stereocenters. The number of anilines is 3. The minimum absolute atomic E-state index is 0.0465. The van der Waals surface area contributed by atoms with Crippen LogP contribution in [0.25, 0.3) is 66.1 Å². The zero-order chi connectivity index (χ0) is 35.4. The van der Waals surface area contributed by atoms with E-state index in [9.17, 15) is 0 Å². The van der Waals surface area contributed by atoms with Crippen LogP contribution in [0, 0.1) is 0 Å². The molecule has 0 fully saturated rings. The zero-order valence-electron chi connectivity index (χ0n) is 30.1. The van der Waals surface area contributed by atoms with E-state index in [1.807, 2.05) is 6.07 Å². The molecule has 7 aromatic carbocycles. The monoisotopic (exact) mass is 673 g/mol. The van der Waals surface area contributed by atoms with Gasteiger partial charge in [0.05, 0.1) is 16.8 Å². The summed E-state index contributed by atoms with van der Waals surface area (Å²) in [5.74, 6) is 0. The van der Waals surface area contributed by atoms with Gasteiger partial charge in [-0.15, -0.1) is 0 Å². The second-order valence-corrected chi connectivity index (χ2v) is 15.8. The summed E-state index contributed by atoms with van der Waals surface area (Å²) in [7, 11) is 0. The molecule has 2 aromatic heterocycles. The first kappa shape index (κ1) is 30.7. The number of para-hydroxylation sites is 1. The molecule has 0 aliphatic heterocycles. The Bertz CT molecular complexity index is 2850. The van der Waals surface area contributed by atoms with Gasteiger partial charge in [-0.25, -0.2) is 0 Å². The van der Waals surface area contributed by atoms with E-state index in [4.69, 9.17) is 8.83 Å². The van der Waals surface area contributed by atoms with Gasteiger partial charge in [0.15, 0.2) is 0 Å². The third-order valence-corrected chi connectivity index (χ3v) is 11.2. The fourth-order valence-electron chi connectivity index (χ4n) is 8.56. The van der Waals surface area contributed by atoms with Gasteiger partial charge < -0.3 is 13.7 Å². The van der Waals surface area contributed by atoms with Crippen molar-refractivity contribution in [3.05, 3.63) is 162 Å². The molecule has 1 aliphatic carbocycles. The standard InChI is InChI=1S/C49H39NO2/c1-48(2,3)32-23-26-43-37(27-32)38-28-39-36(29-45(38)52-43)34-16-11-18-41(47(34)49(39,4)5)50(33-24-21-31(22-25-33)30-13-7-6-8-14-30)40-17-12-20-44-46(40)35-15-9-10-19-42(35)51-44/h6-29H,1-5H3. The SMILES string of the molecule is CC(C)(C)c1ccc2oc3cc4c(cc3c2c1)C(C)(C)c1c-4cccc1N(c1ccc(-c2ccccc2)cc1)c1cccc2oc3ccccc3c12. The van der Waals surface area contributed by atoms with Crippen LogP contribution in [-0.4, -0.2) is 0 Å². The molecule has 10 rings (SSSR count). The lowest BCUT2D eigenvalue weighted by atomic mass is 9.80. The van der Waals surface area contributed by atoms with E-state index in [2.05, 4.69) is 179 Å². The summed E-state index contributed by atoms with van der Waals surface area (Å²) in [4.78, 5) is 2.45. The van der Waals surface area contributed by atoms with Crippen molar-refractivity contribution in [3.8, 4) is 22.3 Å². The Morgan fingerprint density at radius 1 is 0.500 bits per heavy atom. The Morgan fingerprint density at radius 3 is 1.96 bits per heavy atom. The van der Waals surface area contributed by atoms with Gasteiger partial charge in [0, 0.05) is 27.3 Å². The molecule has 52 heavy (non-hydrogen) atoms. The highest BCUT2D eigenvalue weighted by Crippen LogP contribution is 2.56. The van der Waals surface area contributed by atoms with Crippen molar-refractivity contribution in [3.63, 3.8) is 0 Å². The van der Waals surface area contributed by atoms with Gasteiger partial charge in [-0.05, 0) is 105 Å². The first-order chi connectivity index (χ1) is 25.2. The Morgan fingerprint density at radius 2 is 1.15 bits per heavy atom. The maximum atomic E-state index is 6.55. The van der Waals surface area contributed by atoms with Gasteiger partial charge >= 0.3 is 0 Å². The van der Waals surface area contributed by atoms with Crippen LogP contribution in [-0.2, 0) is 10.8 Å². The molecule has 3 heteroatoms. The van der Waals surface area contributed by atoms with Gasteiger partial charge in [0.1, 0.15) is 22.3 Å². The zero-order valence-corrected chi connectivity index (χ0v) is 30.1. The summed E-state index contributed by atoms with van der Waals surface area (Å²) in [6.07, 6.45) is 0. The van der Waals surface area contributed by atoms with E-state index in [1.165, 1.54) is 49.7 Å². The number of fused-ring (bicyclic) bond motifs is 9. The molecule has 0 radical (unpaired) electrons. The Balaban J connectivity index is 1.21. The van der Waals surface area contributed by atoms with Crippen LogP contribution in [0.3, 0.4) is 0 Å². The lowest BCUT2D eigenvalue weighted by molar-refractivity contribution is 0.590. The summed E-state index contributed by atoms with van der Waals surface area (Å²) in [6.45, 7) is 11.6. The van der Waals surface area contributed by atoms with Crippen LogP contribution in [0.4, 0.5) is 17.1 Å². The van der Waals surface area contributed by atoms with Crippen LogP contribution in [0.1, 0.15) is 51.3 Å². The number of nitrogens with zero attached hydrogens (tertiary/aromatic N) is 1. The topological polar surface area (TPSA) is 29.5 Å². The summed E-state index contributed by atoms with van der Waals surface area (Å²) >= 11 is 0. The van der Waals surface area contributed by atoms with Gasteiger partial charge in [-0.2, -0.15) is 0 Å². The average molecular weight is 674 g/mol. The van der Waals surface area contributed by atoms with Crippen molar-refractivity contribution in [1.82, 2.24) is 0 Å². The maximum Gasteiger partial charge on any atom is 0.137 e. The second-order valence-electron chi connectivity index (χ2n) is 15.8. The summed E-state index contributed by atoms with van der Waals surface area (Å²) in [5.41, 5.74) is 15.5. The van der Waals surface area contributed by atoms with E-state index in [0.29, 0.717) is 0 Å². The van der Waals surface area contributed by atoms with Crippen molar-refractivity contribution in [2.75, 3.05) is 4.90 Å². The molecule has 1 aliphatic rings. The highest BCUT2D eigenvalue weighted by Gasteiger charge is 2.40. The average Bonchev–Trinajstić information content (AvgIpc) is 3.79. The van der Waals surface area contributed by atoms with E-state index in [0.717, 1.165) is 50.2 Å². The second kappa shape index (κ2) is 11.0. The normalized spacial score (nSPS) is 13.6. The molecule has 0 N–H and O–H groups in total. The number of hydrogen-bond acceptors (Lipinski definition) is 3. The molecule has 2 heterocycles. The molecule has 252 valence electrons. The Labute approximate surface area is 303 Å². The third-order valence-electron chi connectivity index (χ3n) is 11.2. The highest BCUT2D eigenvalue weighted by atomic mass is 16.3. The van der Waals surface area contributed by atoms with Crippen molar-refractivity contribution in [2.24, 2.45) is 0 Å². The molecule has 0 saturated carbocycles. The summed E-state index contributed by atoms with van der Waals surface area (Å²) in [5, 5.41) is 4.56. The smallest absolute Gasteiger partial charge is 0.137 e. The first-order valence-electron chi connectivity index (χ1n) is 18.2. The fourth-order valence-corrected chi connectivity index (χ4v) is 8.56. The molecule has 3 nitrogen and oxygen atoms in total. The fraction of sp³-hybridized carbons (Fsp3) is 0.143. The van der Waals surface area contributed by atoms with Gasteiger partial charge in [-0.3, -0.25) is 0 Å². The number of hydrogen-bond donors (Lipinski definition) is 0. The van der Waals surface area contributed by atoms with Gasteiger partial charge in [0.25, 0.3) is 0 Å². The highest BCUT2D eigenvalue weighted by molar-refractivity contribution is 6.14. The molecular formula is C49H39NO2. The van der Waals surface area contributed by atoms with Crippen LogP contribution in [0.2, 0.25) is 0 Å². The Kier molecular flexibility index (Phi) is 6.48. The van der Waals surface area contributed by atoms with Crippen molar-refractivity contribution in [2.45, 2.75) is 45.4 Å². The number of benzene rings is 7. The summed E-state index contributed by atoms with van der Waals surface area (Å²) in [6, 6.07) is 52.5. The minimum atomic E-state index is -0.296. The first-order valence-corrected chi connectivity index (χ1v) is 18.2. The molecule has 0 saturated heterocycles. The van der Waals surface area contributed by atoms with E-state index >= 15 is 0 Å². The quantitative estimate of drug-likeness (QED) is 0.186. The lowest BCUT2D eigenvalue weighted by Gasteiger charge is -2.32. The van der Waals surface area contributed by atoms with Crippen molar-refractivity contribution < 1.29 is 8.83 Å². The molecule has 0 amide bonds. The van der Waals surface area contributed by atoms with E-state index in [-0.39, 0.29) is 10.8 Å². The minimum Gasteiger partial charge on any atom is -0.456 e. The molecular weight excluding hydrogens is 635 g/mol. The van der Waals surface area contributed by atoms with Gasteiger partial charge in [0.2, 0.25) is 0 Å². The molecule has 9 aromatic rings. The largest absolute Gasteiger partial charge is 0.456 e. The molecule has 0 atom stereocenters. The molecule has 0 bridgehead atoms. The van der Waals surface area contributed by atoms with Crippen molar-refractivity contribution in [1.29, 1.82) is 0 Å². The van der Waals surface area contributed by atoms with Crippen LogP contribution < -0.4 is 4.90 Å². The number of rotatable bonds is 4. The lowest BCUT2D eigenvalue weighted by Crippen LogP contribution is -2.20. The van der Waals surface area contributed by atoms with Crippen LogP contribution in [0.5, 0.6) is 0 Å². The Hall–Kier alpha value is -6.06. The van der Waals surface area contributed by atoms with Crippen molar-refractivity contribution >= 4 is 60.9 Å². The number of furan rings is 2. The van der Waals surface area contributed by atoms with E-state index < -0.39 is 0 Å². The van der Waals surface area contributed by atoms with Crippen LogP contribution >= 0.6 is 0 Å². The third kappa shape index (κ3) is 4.52. The van der Waals surface area contributed by atoms with Gasteiger partial charge in [-0.1, -0.05) is 120 Å². The molecule has 0 spiro atoms. The predicted molar refractivity (Wildman–Crippen MR) is 217 cm³/mol.